The number of anilines is 2. The van der Waals surface area contributed by atoms with E-state index in [-0.39, 0.29) is 6.54 Å². The molecule has 0 unspecified atom stereocenters. The first-order chi connectivity index (χ1) is 14.2. The number of aryl methyl sites for hydroxylation is 1. The molecule has 3 rings (SSSR count). The zero-order valence-corrected chi connectivity index (χ0v) is 18.1. The average Bonchev–Trinajstić information content (AvgIpc) is 2.70. The number of hydrogen-bond donors (Lipinski definition) is 1. The molecule has 0 atom stereocenters. The van der Waals surface area contributed by atoms with Crippen molar-refractivity contribution in [1.29, 1.82) is 0 Å². The maximum absolute atomic E-state index is 12.5. The summed E-state index contributed by atoms with van der Waals surface area (Å²) in [5.41, 5.74) is 1.73. The minimum absolute atomic E-state index is 0.356. The van der Waals surface area contributed by atoms with E-state index in [0.29, 0.717) is 27.9 Å². The number of benzene rings is 3. The Labute approximate surface area is 181 Å². The topological polar surface area (TPSA) is 75.7 Å². The van der Waals surface area contributed by atoms with E-state index in [1.165, 1.54) is 0 Å². The number of halogens is 1. The van der Waals surface area contributed by atoms with Gasteiger partial charge in [-0.2, -0.15) is 0 Å². The molecule has 0 saturated heterocycles. The van der Waals surface area contributed by atoms with E-state index in [9.17, 15) is 13.2 Å². The third-order valence-corrected chi connectivity index (χ3v) is 5.79. The van der Waals surface area contributed by atoms with Crippen molar-refractivity contribution in [3.8, 4) is 11.5 Å². The summed E-state index contributed by atoms with van der Waals surface area (Å²) in [7, 11) is -3.69. The first-order valence-corrected chi connectivity index (χ1v) is 11.3. The number of rotatable bonds is 7. The maximum atomic E-state index is 12.5. The lowest BCUT2D eigenvalue weighted by molar-refractivity contribution is -0.114. The molecule has 0 bridgehead atoms. The number of carbonyl (C=O) groups is 1. The number of hydrogen-bond acceptors (Lipinski definition) is 4. The lowest BCUT2D eigenvalue weighted by Crippen LogP contribution is -2.37. The van der Waals surface area contributed by atoms with Crippen molar-refractivity contribution in [1.82, 2.24) is 0 Å². The average molecular weight is 445 g/mol. The zero-order chi connectivity index (χ0) is 21.7. The van der Waals surface area contributed by atoms with Gasteiger partial charge in [0.25, 0.3) is 0 Å². The molecular weight excluding hydrogens is 424 g/mol. The number of amides is 1. The van der Waals surface area contributed by atoms with E-state index >= 15 is 0 Å². The van der Waals surface area contributed by atoms with E-state index in [1.807, 2.05) is 37.3 Å². The van der Waals surface area contributed by atoms with E-state index in [4.69, 9.17) is 16.3 Å². The second-order valence-electron chi connectivity index (χ2n) is 6.69. The molecule has 0 aliphatic rings. The molecule has 8 heteroatoms. The number of sulfonamides is 1. The molecule has 6 nitrogen and oxygen atoms in total. The Morgan fingerprint density at radius 2 is 1.63 bits per heavy atom. The Kier molecular flexibility index (Phi) is 6.64. The van der Waals surface area contributed by atoms with Gasteiger partial charge in [0.15, 0.2) is 0 Å². The first kappa shape index (κ1) is 21.7. The normalized spacial score (nSPS) is 11.0. The third-order valence-electron chi connectivity index (χ3n) is 4.25. The van der Waals surface area contributed by atoms with Gasteiger partial charge >= 0.3 is 0 Å². The highest BCUT2D eigenvalue weighted by molar-refractivity contribution is 7.92. The smallest absolute Gasteiger partial charge is 0.245 e. The third kappa shape index (κ3) is 5.75. The molecule has 156 valence electrons. The Bertz CT molecular complexity index is 1130. The number of carbonyl (C=O) groups excluding carboxylic acids is 1. The van der Waals surface area contributed by atoms with Gasteiger partial charge in [0.2, 0.25) is 15.9 Å². The van der Waals surface area contributed by atoms with Gasteiger partial charge in [-0.15, -0.1) is 0 Å². The molecule has 0 aromatic heterocycles. The predicted molar refractivity (Wildman–Crippen MR) is 120 cm³/mol. The van der Waals surface area contributed by atoms with Crippen LogP contribution in [0.4, 0.5) is 11.4 Å². The lowest BCUT2D eigenvalue weighted by Gasteiger charge is -2.22. The van der Waals surface area contributed by atoms with E-state index in [2.05, 4.69) is 5.32 Å². The van der Waals surface area contributed by atoms with Crippen LogP contribution in [0.25, 0.3) is 0 Å². The predicted octanol–water partition coefficient (Wildman–Crippen LogP) is 4.85. The SMILES string of the molecule is Cc1ccc(NC(=O)CN(c2ccc(Oc3ccccc3)cc2)S(C)(=O)=O)cc1Cl. The van der Waals surface area contributed by atoms with Crippen LogP contribution in [0.5, 0.6) is 11.5 Å². The monoisotopic (exact) mass is 444 g/mol. The largest absolute Gasteiger partial charge is 0.457 e. The van der Waals surface area contributed by atoms with Crippen molar-refractivity contribution in [3.05, 3.63) is 83.4 Å². The van der Waals surface area contributed by atoms with Gasteiger partial charge in [-0.25, -0.2) is 8.42 Å². The summed E-state index contributed by atoms with van der Waals surface area (Å²) in [6.07, 6.45) is 1.05. The van der Waals surface area contributed by atoms with E-state index < -0.39 is 15.9 Å². The molecule has 0 spiro atoms. The van der Waals surface area contributed by atoms with Crippen molar-refractivity contribution in [3.63, 3.8) is 0 Å². The van der Waals surface area contributed by atoms with Crippen molar-refractivity contribution >= 4 is 38.9 Å². The Hall–Kier alpha value is -3.03. The van der Waals surface area contributed by atoms with Gasteiger partial charge in [-0.05, 0) is 61.0 Å². The molecule has 0 saturated carbocycles. The van der Waals surface area contributed by atoms with E-state index in [0.717, 1.165) is 16.1 Å². The van der Waals surface area contributed by atoms with Crippen LogP contribution in [0.1, 0.15) is 5.56 Å². The van der Waals surface area contributed by atoms with Crippen LogP contribution < -0.4 is 14.4 Å². The minimum Gasteiger partial charge on any atom is -0.457 e. The van der Waals surface area contributed by atoms with Crippen LogP contribution in [0, 0.1) is 6.92 Å². The van der Waals surface area contributed by atoms with Crippen LogP contribution in [0.15, 0.2) is 72.8 Å². The lowest BCUT2D eigenvalue weighted by atomic mass is 10.2. The molecule has 1 amide bonds. The highest BCUT2D eigenvalue weighted by Gasteiger charge is 2.21. The van der Waals surface area contributed by atoms with Crippen LogP contribution in [0.3, 0.4) is 0 Å². The molecule has 0 radical (unpaired) electrons. The Balaban J connectivity index is 1.74. The van der Waals surface area contributed by atoms with Crippen molar-refractivity contribution in [2.75, 3.05) is 22.4 Å². The highest BCUT2D eigenvalue weighted by Crippen LogP contribution is 2.26. The summed E-state index contributed by atoms with van der Waals surface area (Å²) in [4.78, 5) is 12.5. The van der Waals surface area contributed by atoms with Gasteiger partial charge in [0.1, 0.15) is 18.0 Å². The fraction of sp³-hybridized carbons (Fsp3) is 0.136. The Morgan fingerprint density at radius 1 is 1.00 bits per heavy atom. The standard InChI is InChI=1S/C22H21ClN2O4S/c1-16-8-9-17(14-21(16)23)24-22(26)15-25(30(2,27)28)18-10-12-20(13-11-18)29-19-6-4-3-5-7-19/h3-14H,15H2,1-2H3,(H,24,26). The molecule has 3 aromatic carbocycles. The van der Waals surface area contributed by atoms with Crippen LogP contribution >= 0.6 is 11.6 Å². The molecule has 0 heterocycles. The van der Waals surface area contributed by atoms with Crippen molar-refractivity contribution < 1.29 is 17.9 Å². The molecule has 0 aliphatic heterocycles. The molecule has 1 N–H and O–H groups in total. The van der Waals surface area contributed by atoms with Gasteiger partial charge in [-0.3, -0.25) is 9.10 Å². The molecular formula is C22H21ClN2O4S. The maximum Gasteiger partial charge on any atom is 0.245 e. The summed E-state index contributed by atoms with van der Waals surface area (Å²) in [5.74, 6) is 0.739. The van der Waals surface area contributed by atoms with Crippen LogP contribution in [-0.4, -0.2) is 27.1 Å². The molecule has 0 aliphatic carbocycles. The summed E-state index contributed by atoms with van der Waals surface area (Å²) >= 11 is 6.07. The van der Waals surface area contributed by atoms with Crippen LogP contribution in [-0.2, 0) is 14.8 Å². The van der Waals surface area contributed by atoms with Gasteiger partial charge in [0, 0.05) is 10.7 Å². The summed E-state index contributed by atoms with van der Waals surface area (Å²) in [6.45, 7) is 1.48. The molecule has 3 aromatic rings. The van der Waals surface area contributed by atoms with Gasteiger partial charge < -0.3 is 10.1 Å². The summed E-state index contributed by atoms with van der Waals surface area (Å²) in [6, 6.07) is 20.8. The summed E-state index contributed by atoms with van der Waals surface area (Å²) in [5, 5.41) is 3.19. The van der Waals surface area contributed by atoms with Crippen LogP contribution in [0.2, 0.25) is 5.02 Å². The fourth-order valence-corrected chi connectivity index (χ4v) is 3.74. The van der Waals surface area contributed by atoms with Gasteiger partial charge in [0.05, 0.1) is 11.9 Å². The van der Waals surface area contributed by atoms with E-state index in [1.54, 1.807) is 42.5 Å². The quantitative estimate of drug-likeness (QED) is 0.565. The highest BCUT2D eigenvalue weighted by atomic mass is 35.5. The van der Waals surface area contributed by atoms with Gasteiger partial charge in [-0.1, -0.05) is 35.9 Å². The fourth-order valence-electron chi connectivity index (χ4n) is 2.71. The Morgan fingerprint density at radius 3 is 2.23 bits per heavy atom. The second-order valence-corrected chi connectivity index (χ2v) is 9.00. The zero-order valence-electron chi connectivity index (χ0n) is 16.5. The second kappa shape index (κ2) is 9.19. The molecule has 0 fully saturated rings. The number of para-hydroxylation sites is 1. The minimum atomic E-state index is -3.69. The van der Waals surface area contributed by atoms with Crippen molar-refractivity contribution in [2.45, 2.75) is 6.92 Å². The first-order valence-electron chi connectivity index (χ1n) is 9.09. The number of nitrogens with zero attached hydrogens (tertiary/aromatic N) is 1. The number of nitrogens with one attached hydrogen (secondary N) is 1. The van der Waals surface area contributed by atoms with Crippen molar-refractivity contribution in [2.24, 2.45) is 0 Å². The molecule has 30 heavy (non-hydrogen) atoms. The number of ether oxygens (including phenoxy) is 1. The summed E-state index contributed by atoms with van der Waals surface area (Å²) < 4.78 is 31.3.